The summed E-state index contributed by atoms with van der Waals surface area (Å²) in [6.45, 7) is 7.24. The number of rotatable bonds is 6. The fourth-order valence-corrected chi connectivity index (χ4v) is 4.84. The van der Waals surface area contributed by atoms with Crippen molar-refractivity contribution in [3.63, 3.8) is 0 Å². The van der Waals surface area contributed by atoms with Gasteiger partial charge in [-0.05, 0) is 49.7 Å². The van der Waals surface area contributed by atoms with Crippen LogP contribution in [0.25, 0.3) is 0 Å². The van der Waals surface area contributed by atoms with Crippen LogP contribution in [0.5, 0.6) is 5.75 Å². The summed E-state index contributed by atoms with van der Waals surface area (Å²) in [7, 11) is 0. The second-order valence-electron chi connectivity index (χ2n) is 9.08. The van der Waals surface area contributed by atoms with Crippen molar-refractivity contribution in [2.24, 2.45) is 0 Å². The van der Waals surface area contributed by atoms with E-state index in [1.54, 1.807) is 16.9 Å². The molecule has 0 saturated carbocycles. The van der Waals surface area contributed by atoms with Crippen LogP contribution in [0.15, 0.2) is 82.3 Å². The minimum Gasteiger partial charge on any atom is -0.507 e. The van der Waals surface area contributed by atoms with E-state index in [1.165, 1.54) is 0 Å². The van der Waals surface area contributed by atoms with Crippen LogP contribution < -0.4 is 10.5 Å². The fraction of sp³-hybridized carbons (Fsp3) is 0.286. The number of benzene rings is 1. The lowest BCUT2D eigenvalue weighted by Crippen LogP contribution is -2.49. The zero-order valence-electron chi connectivity index (χ0n) is 20.1. The highest BCUT2D eigenvalue weighted by Gasteiger charge is 2.31. The van der Waals surface area contributed by atoms with E-state index >= 15 is 0 Å². The summed E-state index contributed by atoms with van der Waals surface area (Å²) in [6.07, 6.45) is 3.41. The van der Waals surface area contributed by atoms with E-state index in [1.807, 2.05) is 50.4 Å². The first-order chi connectivity index (χ1) is 17.0. The molecule has 0 amide bonds. The minimum atomic E-state index is -0.363. The van der Waals surface area contributed by atoms with E-state index in [2.05, 4.69) is 39.0 Å². The molecule has 3 aromatic heterocycles. The molecule has 180 valence electrons. The zero-order valence-corrected chi connectivity index (χ0v) is 20.1. The third kappa shape index (κ3) is 4.72. The average molecular weight is 471 g/mol. The number of hydrogen-bond donors (Lipinski definition) is 1. The number of aromatic hydroxyl groups is 1. The third-order valence-electron chi connectivity index (χ3n) is 6.74. The Hall–Kier alpha value is -3.84. The lowest BCUT2D eigenvalue weighted by atomic mass is 9.95. The summed E-state index contributed by atoms with van der Waals surface area (Å²) in [5.41, 5.74) is 3.03. The summed E-state index contributed by atoms with van der Waals surface area (Å²) >= 11 is 0. The monoisotopic (exact) mass is 470 g/mol. The van der Waals surface area contributed by atoms with Gasteiger partial charge < -0.3 is 19.0 Å². The first kappa shape index (κ1) is 22.9. The second kappa shape index (κ2) is 9.80. The van der Waals surface area contributed by atoms with E-state index in [0.717, 1.165) is 43.1 Å². The van der Waals surface area contributed by atoms with Crippen molar-refractivity contribution in [3.05, 3.63) is 112 Å². The number of hydrogen-bond acceptors (Lipinski definition) is 6. The van der Waals surface area contributed by atoms with Crippen molar-refractivity contribution in [2.75, 3.05) is 31.1 Å². The van der Waals surface area contributed by atoms with Crippen molar-refractivity contribution in [1.82, 2.24) is 14.5 Å². The number of piperazine rings is 1. The predicted octanol–water partition coefficient (Wildman–Crippen LogP) is 4.12. The van der Waals surface area contributed by atoms with E-state index in [-0.39, 0.29) is 17.4 Å². The molecule has 1 aromatic carbocycles. The van der Waals surface area contributed by atoms with Gasteiger partial charge in [-0.2, -0.15) is 0 Å². The first-order valence-electron chi connectivity index (χ1n) is 11.9. The van der Waals surface area contributed by atoms with Gasteiger partial charge in [0.1, 0.15) is 17.3 Å². The fourth-order valence-electron chi connectivity index (χ4n) is 4.84. The van der Waals surface area contributed by atoms with Crippen molar-refractivity contribution in [3.8, 4) is 5.75 Å². The molecule has 0 bridgehead atoms. The van der Waals surface area contributed by atoms with Gasteiger partial charge in [-0.1, -0.05) is 35.9 Å². The van der Waals surface area contributed by atoms with Gasteiger partial charge in [-0.3, -0.25) is 9.69 Å². The Kier molecular flexibility index (Phi) is 6.42. The second-order valence-corrected chi connectivity index (χ2v) is 9.08. The summed E-state index contributed by atoms with van der Waals surface area (Å²) in [6, 6.07) is 19.1. The number of pyridine rings is 2. The largest absolute Gasteiger partial charge is 0.507 e. The van der Waals surface area contributed by atoms with E-state index in [0.29, 0.717) is 23.6 Å². The molecule has 1 N–H and O–H groups in total. The molecule has 1 saturated heterocycles. The lowest BCUT2D eigenvalue weighted by molar-refractivity contribution is 0.207. The molecule has 4 aromatic rings. The van der Waals surface area contributed by atoms with Gasteiger partial charge >= 0.3 is 0 Å². The molecule has 1 aliphatic rings. The van der Waals surface area contributed by atoms with Crippen molar-refractivity contribution < 1.29 is 9.52 Å². The number of aromatic nitrogens is 2. The standard InChI is InChI=1S/C28H30N4O3/c1-20-8-10-22(11-9-20)27(31-15-13-30(14-16-31)25-7-3-4-12-29-25)26-24(33)18-21(2)32(28(26)34)19-23-6-5-17-35-23/h3-12,17-18,27,33H,13-16,19H2,1-2H3. The van der Waals surface area contributed by atoms with Gasteiger partial charge in [0, 0.05) is 38.1 Å². The highest BCUT2D eigenvalue weighted by molar-refractivity contribution is 5.43. The molecule has 0 radical (unpaired) electrons. The molecular formula is C28H30N4O3. The quantitative estimate of drug-likeness (QED) is 0.457. The number of furan rings is 1. The summed E-state index contributed by atoms with van der Waals surface area (Å²) in [4.78, 5) is 22.9. The summed E-state index contributed by atoms with van der Waals surface area (Å²) in [5.74, 6) is 1.68. The number of nitrogens with zero attached hydrogens (tertiary/aromatic N) is 4. The molecule has 35 heavy (non-hydrogen) atoms. The van der Waals surface area contributed by atoms with E-state index in [9.17, 15) is 9.90 Å². The Bertz CT molecular complexity index is 1320. The highest BCUT2D eigenvalue weighted by atomic mass is 16.3. The van der Waals surface area contributed by atoms with Crippen LogP contribution in [-0.4, -0.2) is 45.7 Å². The van der Waals surface area contributed by atoms with Crippen LogP contribution in [0.3, 0.4) is 0 Å². The third-order valence-corrected chi connectivity index (χ3v) is 6.74. The van der Waals surface area contributed by atoms with Crippen LogP contribution in [0.4, 0.5) is 5.82 Å². The van der Waals surface area contributed by atoms with Gasteiger partial charge in [-0.15, -0.1) is 0 Å². The minimum absolute atomic E-state index is 0.0286. The normalized spacial score (nSPS) is 15.3. The maximum absolute atomic E-state index is 13.9. The topological polar surface area (TPSA) is 74.7 Å². The smallest absolute Gasteiger partial charge is 0.260 e. The molecule has 1 fully saturated rings. The van der Waals surface area contributed by atoms with Gasteiger partial charge in [0.05, 0.1) is 24.4 Å². The van der Waals surface area contributed by atoms with Crippen LogP contribution in [0.2, 0.25) is 0 Å². The maximum atomic E-state index is 13.9. The molecular weight excluding hydrogens is 440 g/mol. The molecule has 5 rings (SSSR count). The van der Waals surface area contributed by atoms with Crippen LogP contribution >= 0.6 is 0 Å². The van der Waals surface area contributed by atoms with Crippen LogP contribution in [0, 0.1) is 13.8 Å². The molecule has 0 aliphatic carbocycles. The lowest BCUT2D eigenvalue weighted by Gasteiger charge is -2.40. The van der Waals surface area contributed by atoms with Crippen LogP contribution in [0.1, 0.15) is 34.2 Å². The Morgan fingerprint density at radius 3 is 2.43 bits per heavy atom. The predicted molar refractivity (Wildman–Crippen MR) is 136 cm³/mol. The molecule has 1 unspecified atom stereocenters. The van der Waals surface area contributed by atoms with Crippen molar-refractivity contribution in [1.29, 1.82) is 0 Å². The van der Waals surface area contributed by atoms with Gasteiger partial charge in [0.2, 0.25) is 0 Å². The molecule has 7 nitrogen and oxygen atoms in total. The van der Waals surface area contributed by atoms with Gasteiger partial charge in [0.15, 0.2) is 0 Å². The van der Waals surface area contributed by atoms with Crippen molar-refractivity contribution >= 4 is 5.82 Å². The van der Waals surface area contributed by atoms with Gasteiger partial charge in [0.25, 0.3) is 5.56 Å². The molecule has 1 atom stereocenters. The summed E-state index contributed by atoms with van der Waals surface area (Å²) in [5, 5.41) is 11.1. The Balaban J connectivity index is 1.53. The Morgan fingerprint density at radius 2 is 1.77 bits per heavy atom. The molecule has 1 aliphatic heterocycles. The average Bonchev–Trinajstić information content (AvgIpc) is 3.39. The first-order valence-corrected chi connectivity index (χ1v) is 11.9. The SMILES string of the molecule is Cc1ccc(C(c2c(O)cc(C)n(Cc3ccco3)c2=O)N2CCN(c3ccccn3)CC2)cc1. The number of anilines is 1. The zero-order chi connectivity index (χ0) is 24.4. The molecule has 4 heterocycles. The Morgan fingerprint density at radius 1 is 1.00 bits per heavy atom. The molecule has 7 heteroatoms. The maximum Gasteiger partial charge on any atom is 0.260 e. The summed E-state index contributed by atoms with van der Waals surface area (Å²) < 4.78 is 7.18. The molecule has 0 spiro atoms. The highest BCUT2D eigenvalue weighted by Crippen LogP contribution is 2.34. The van der Waals surface area contributed by atoms with Gasteiger partial charge in [-0.25, -0.2) is 4.98 Å². The van der Waals surface area contributed by atoms with E-state index < -0.39 is 0 Å². The Labute approximate surface area is 204 Å². The van der Waals surface area contributed by atoms with E-state index in [4.69, 9.17) is 4.42 Å². The van der Waals surface area contributed by atoms with Crippen LogP contribution in [-0.2, 0) is 6.54 Å². The number of aryl methyl sites for hydroxylation is 2. The van der Waals surface area contributed by atoms with Crippen molar-refractivity contribution in [2.45, 2.75) is 26.4 Å².